The molecule has 2 amide bonds. The number of aryl methyl sites for hydroxylation is 2. The molecule has 0 bridgehead atoms. The number of amides is 2. The topological polar surface area (TPSA) is 94.9 Å². The standard InChI is InChI=1S/C16H16ClN5O2/c1-8-13(14(15(18)23)20-22(8)3)19-16(24)12-7-9-10(17)5-4-6-11(9)21(12)2/h4-7H,1-3H3,(H2,18,23)(H,19,24). The first kappa shape index (κ1) is 16.1. The minimum atomic E-state index is -0.700. The maximum absolute atomic E-state index is 12.7. The van der Waals surface area contributed by atoms with Crippen LogP contribution in [0.15, 0.2) is 24.3 Å². The van der Waals surface area contributed by atoms with Crippen LogP contribution in [0.2, 0.25) is 5.02 Å². The second-order valence-electron chi connectivity index (χ2n) is 5.51. The van der Waals surface area contributed by atoms with Gasteiger partial charge in [0.15, 0.2) is 5.69 Å². The number of carbonyl (C=O) groups excluding carboxylic acids is 2. The molecule has 0 saturated heterocycles. The molecule has 24 heavy (non-hydrogen) atoms. The summed E-state index contributed by atoms with van der Waals surface area (Å²) >= 11 is 6.18. The van der Waals surface area contributed by atoms with Crippen LogP contribution in [0.1, 0.15) is 26.7 Å². The molecule has 124 valence electrons. The van der Waals surface area contributed by atoms with E-state index in [4.69, 9.17) is 17.3 Å². The first-order valence-corrected chi connectivity index (χ1v) is 7.57. The average molecular weight is 346 g/mol. The Morgan fingerprint density at radius 2 is 2.00 bits per heavy atom. The van der Waals surface area contributed by atoms with Crippen molar-refractivity contribution >= 4 is 40.0 Å². The van der Waals surface area contributed by atoms with Crippen LogP contribution in [0.3, 0.4) is 0 Å². The summed E-state index contributed by atoms with van der Waals surface area (Å²) < 4.78 is 3.24. The highest BCUT2D eigenvalue weighted by Crippen LogP contribution is 2.27. The third-order valence-corrected chi connectivity index (χ3v) is 4.40. The summed E-state index contributed by atoms with van der Waals surface area (Å²) in [6.07, 6.45) is 0. The van der Waals surface area contributed by atoms with Crippen LogP contribution in [0.5, 0.6) is 0 Å². The molecule has 0 aliphatic rings. The van der Waals surface area contributed by atoms with Crippen LogP contribution < -0.4 is 11.1 Å². The van der Waals surface area contributed by atoms with Crippen molar-refractivity contribution in [3.8, 4) is 0 Å². The Morgan fingerprint density at radius 1 is 1.29 bits per heavy atom. The Kier molecular flexibility index (Phi) is 3.81. The highest BCUT2D eigenvalue weighted by Gasteiger charge is 2.22. The molecule has 0 radical (unpaired) electrons. The maximum Gasteiger partial charge on any atom is 0.272 e. The van der Waals surface area contributed by atoms with Crippen molar-refractivity contribution in [3.05, 3.63) is 46.4 Å². The van der Waals surface area contributed by atoms with Gasteiger partial charge in [-0.2, -0.15) is 5.10 Å². The van der Waals surface area contributed by atoms with Crippen molar-refractivity contribution in [2.75, 3.05) is 5.32 Å². The van der Waals surface area contributed by atoms with E-state index >= 15 is 0 Å². The minimum absolute atomic E-state index is 0.0279. The summed E-state index contributed by atoms with van der Waals surface area (Å²) in [5.41, 5.74) is 7.56. The van der Waals surface area contributed by atoms with Gasteiger partial charge >= 0.3 is 0 Å². The second kappa shape index (κ2) is 5.68. The number of nitrogens with one attached hydrogen (secondary N) is 1. The van der Waals surface area contributed by atoms with Gasteiger partial charge in [-0.15, -0.1) is 0 Å². The number of rotatable bonds is 3. The molecule has 0 aliphatic heterocycles. The van der Waals surface area contributed by atoms with E-state index in [0.29, 0.717) is 22.1 Å². The Balaban J connectivity index is 2.04. The molecule has 3 aromatic rings. The molecule has 3 rings (SSSR count). The lowest BCUT2D eigenvalue weighted by atomic mass is 10.2. The molecule has 0 atom stereocenters. The monoisotopic (exact) mass is 345 g/mol. The smallest absolute Gasteiger partial charge is 0.272 e. The second-order valence-corrected chi connectivity index (χ2v) is 5.92. The number of nitrogens with zero attached hydrogens (tertiary/aromatic N) is 3. The molecule has 0 spiro atoms. The summed E-state index contributed by atoms with van der Waals surface area (Å²) in [5.74, 6) is -1.07. The van der Waals surface area contributed by atoms with E-state index in [9.17, 15) is 9.59 Å². The number of aromatic nitrogens is 3. The van der Waals surface area contributed by atoms with Crippen LogP contribution >= 0.6 is 11.6 Å². The van der Waals surface area contributed by atoms with Crippen molar-refractivity contribution in [2.45, 2.75) is 6.92 Å². The van der Waals surface area contributed by atoms with Gasteiger partial charge in [-0.25, -0.2) is 0 Å². The van der Waals surface area contributed by atoms with Crippen LogP contribution in [0, 0.1) is 6.92 Å². The lowest BCUT2D eigenvalue weighted by molar-refractivity contribution is 0.0995. The van der Waals surface area contributed by atoms with Gasteiger partial charge in [0.1, 0.15) is 5.69 Å². The number of primary amides is 1. The van der Waals surface area contributed by atoms with Gasteiger partial charge in [0.2, 0.25) is 0 Å². The summed E-state index contributed by atoms with van der Waals surface area (Å²) in [7, 11) is 3.45. The Labute approximate surface area is 143 Å². The largest absolute Gasteiger partial charge is 0.364 e. The molecule has 2 heterocycles. The third-order valence-electron chi connectivity index (χ3n) is 4.07. The number of nitrogens with two attached hydrogens (primary N) is 1. The highest BCUT2D eigenvalue weighted by molar-refractivity contribution is 6.35. The van der Waals surface area contributed by atoms with E-state index in [1.807, 2.05) is 12.1 Å². The number of carbonyl (C=O) groups is 2. The van der Waals surface area contributed by atoms with Crippen molar-refractivity contribution in [1.82, 2.24) is 14.3 Å². The van der Waals surface area contributed by atoms with E-state index in [-0.39, 0.29) is 11.6 Å². The van der Waals surface area contributed by atoms with Crippen molar-refractivity contribution < 1.29 is 9.59 Å². The minimum Gasteiger partial charge on any atom is -0.364 e. The van der Waals surface area contributed by atoms with Gasteiger partial charge in [-0.1, -0.05) is 17.7 Å². The average Bonchev–Trinajstić information content (AvgIpc) is 3.01. The van der Waals surface area contributed by atoms with E-state index in [1.54, 1.807) is 37.7 Å². The van der Waals surface area contributed by atoms with Crippen LogP contribution in [-0.4, -0.2) is 26.2 Å². The number of hydrogen-bond donors (Lipinski definition) is 2. The van der Waals surface area contributed by atoms with Gasteiger partial charge in [0.25, 0.3) is 11.8 Å². The zero-order valence-corrected chi connectivity index (χ0v) is 14.2. The van der Waals surface area contributed by atoms with Gasteiger partial charge in [0, 0.05) is 30.0 Å². The SMILES string of the molecule is Cc1c(NC(=O)c2cc3c(Cl)cccc3n2C)c(C(N)=O)nn1C. The molecule has 8 heteroatoms. The molecule has 0 aliphatic carbocycles. The first-order chi connectivity index (χ1) is 11.3. The van der Waals surface area contributed by atoms with Crippen LogP contribution in [0.25, 0.3) is 10.9 Å². The Morgan fingerprint density at radius 3 is 2.62 bits per heavy atom. The van der Waals surface area contributed by atoms with Gasteiger partial charge in [-0.3, -0.25) is 14.3 Å². The van der Waals surface area contributed by atoms with Gasteiger partial charge in [0.05, 0.1) is 11.4 Å². The zero-order valence-electron chi connectivity index (χ0n) is 13.4. The van der Waals surface area contributed by atoms with Crippen molar-refractivity contribution in [2.24, 2.45) is 19.8 Å². The molecule has 0 saturated carbocycles. The van der Waals surface area contributed by atoms with Crippen molar-refractivity contribution in [1.29, 1.82) is 0 Å². The number of anilines is 1. The van der Waals surface area contributed by atoms with E-state index < -0.39 is 5.91 Å². The summed E-state index contributed by atoms with van der Waals surface area (Å²) in [6.45, 7) is 1.74. The Bertz CT molecular complexity index is 986. The fourth-order valence-corrected chi connectivity index (χ4v) is 2.87. The summed E-state index contributed by atoms with van der Waals surface area (Å²) in [5, 5.41) is 8.12. The lowest BCUT2D eigenvalue weighted by Gasteiger charge is -2.07. The Hall–Kier alpha value is -2.80. The molecule has 3 N–H and O–H groups in total. The molecular weight excluding hydrogens is 330 g/mol. The van der Waals surface area contributed by atoms with Crippen molar-refractivity contribution in [3.63, 3.8) is 0 Å². The maximum atomic E-state index is 12.7. The normalized spacial score (nSPS) is 11.0. The number of benzene rings is 1. The molecule has 7 nitrogen and oxygen atoms in total. The van der Waals surface area contributed by atoms with Gasteiger partial charge < -0.3 is 15.6 Å². The predicted octanol–water partition coefficient (Wildman–Crippen LogP) is 2.22. The fraction of sp³-hybridized carbons (Fsp3) is 0.188. The van der Waals surface area contributed by atoms with Gasteiger partial charge in [-0.05, 0) is 25.1 Å². The third kappa shape index (κ3) is 2.43. The molecule has 1 aromatic carbocycles. The number of hydrogen-bond acceptors (Lipinski definition) is 3. The summed E-state index contributed by atoms with van der Waals surface area (Å²) in [6, 6.07) is 7.18. The molecule has 0 fully saturated rings. The quantitative estimate of drug-likeness (QED) is 0.762. The lowest BCUT2D eigenvalue weighted by Crippen LogP contribution is -2.19. The molecular formula is C16H16ClN5O2. The van der Waals surface area contributed by atoms with E-state index in [1.165, 1.54) is 4.68 Å². The summed E-state index contributed by atoms with van der Waals surface area (Å²) in [4.78, 5) is 24.2. The number of halogens is 1. The first-order valence-electron chi connectivity index (χ1n) is 7.20. The zero-order chi connectivity index (χ0) is 17.6. The molecule has 2 aromatic heterocycles. The fourth-order valence-electron chi connectivity index (χ4n) is 2.65. The van der Waals surface area contributed by atoms with Crippen LogP contribution in [-0.2, 0) is 14.1 Å². The van der Waals surface area contributed by atoms with E-state index in [2.05, 4.69) is 10.4 Å². The van der Waals surface area contributed by atoms with E-state index in [0.717, 1.165) is 10.9 Å². The number of fused-ring (bicyclic) bond motifs is 1. The predicted molar refractivity (Wildman–Crippen MR) is 92.3 cm³/mol. The van der Waals surface area contributed by atoms with Crippen LogP contribution in [0.4, 0.5) is 5.69 Å². The highest BCUT2D eigenvalue weighted by atomic mass is 35.5. The molecule has 0 unspecified atom stereocenters.